The first kappa shape index (κ1) is 8.77. The maximum atomic E-state index is 11.2. The molecule has 0 aliphatic heterocycles. The Morgan fingerprint density at radius 1 is 1.58 bits per heavy atom. The molecule has 0 amide bonds. The molecule has 4 heteroatoms. The second-order valence-electron chi connectivity index (χ2n) is 2.75. The van der Waals surface area contributed by atoms with Crippen LogP contribution in [0.4, 0.5) is 0 Å². The molecule has 0 bridgehead atoms. The number of ether oxygens (including phenoxy) is 1. The van der Waals surface area contributed by atoms with Crippen molar-refractivity contribution in [2.75, 3.05) is 7.11 Å². The van der Waals surface area contributed by atoms with Crippen LogP contribution in [0.25, 0.3) is 0 Å². The molecular formula is C8H12N2O2. The molecule has 1 aromatic heterocycles. The van der Waals surface area contributed by atoms with Gasteiger partial charge in [-0.05, 0) is 13.8 Å². The summed E-state index contributed by atoms with van der Waals surface area (Å²) in [6, 6.07) is 1.80. The van der Waals surface area contributed by atoms with E-state index in [1.54, 1.807) is 16.8 Å². The number of rotatable bonds is 2. The molecule has 1 aromatic rings. The van der Waals surface area contributed by atoms with Crippen LogP contribution in [0.3, 0.4) is 0 Å². The van der Waals surface area contributed by atoms with E-state index in [4.69, 9.17) is 4.74 Å². The minimum Gasteiger partial charge on any atom is -0.481 e. The summed E-state index contributed by atoms with van der Waals surface area (Å²) in [7, 11) is 1.49. The number of methoxy groups -OCH3 is 1. The van der Waals surface area contributed by atoms with Crippen LogP contribution in [-0.4, -0.2) is 16.7 Å². The van der Waals surface area contributed by atoms with Gasteiger partial charge in [0.05, 0.1) is 7.11 Å². The molecule has 0 atom stereocenters. The summed E-state index contributed by atoms with van der Waals surface area (Å²) < 4.78 is 6.35. The van der Waals surface area contributed by atoms with Crippen molar-refractivity contribution < 1.29 is 4.74 Å². The van der Waals surface area contributed by atoms with Crippen LogP contribution < -0.4 is 10.4 Å². The molecule has 0 aromatic carbocycles. The molecule has 0 saturated heterocycles. The highest BCUT2D eigenvalue weighted by Crippen LogP contribution is 2.03. The molecule has 4 nitrogen and oxygen atoms in total. The van der Waals surface area contributed by atoms with Gasteiger partial charge in [-0.15, -0.1) is 0 Å². The van der Waals surface area contributed by atoms with Gasteiger partial charge in [-0.3, -0.25) is 4.57 Å². The Morgan fingerprint density at radius 3 is 2.67 bits per heavy atom. The smallest absolute Gasteiger partial charge is 0.351 e. The minimum absolute atomic E-state index is 0.135. The van der Waals surface area contributed by atoms with Gasteiger partial charge in [-0.2, -0.15) is 4.98 Å². The van der Waals surface area contributed by atoms with E-state index in [0.717, 1.165) is 0 Å². The van der Waals surface area contributed by atoms with Gasteiger partial charge in [-0.25, -0.2) is 4.79 Å². The van der Waals surface area contributed by atoms with Crippen molar-refractivity contribution in [1.29, 1.82) is 0 Å². The van der Waals surface area contributed by atoms with Crippen LogP contribution in [0.5, 0.6) is 5.88 Å². The Hall–Kier alpha value is -1.32. The molecule has 0 spiro atoms. The van der Waals surface area contributed by atoms with Crippen molar-refractivity contribution in [2.24, 2.45) is 0 Å². The summed E-state index contributed by atoms with van der Waals surface area (Å²) in [4.78, 5) is 14.9. The van der Waals surface area contributed by atoms with Gasteiger partial charge in [0.25, 0.3) is 0 Å². The average molecular weight is 168 g/mol. The fourth-order valence-corrected chi connectivity index (χ4v) is 0.904. The maximum absolute atomic E-state index is 11.2. The number of nitrogens with zero attached hydrogens (tertiary/aromatic N) is 2. The van der Waals surface area contributed by atoms with Crippen molar-refractivity contribution in [3.05, 3.63) is 22.7 Å². The van der Waals surface area contributed by atoms with Crippen molar-refractivity contribution in [3.8, 4) is 5.88 Å². The van der Waals surface area contributed by atoms with E-state index in [1.165, 1.54) is 7.11 Å². The SMILES string of the molecule is COc1ccn(C(C)C)c(=O)n1. The summed E-state index contributed by atoms with van der Waals surface area (Å²) in [6.45, 7) is 3.85. The van der Waals surface area contributed by atoms with Crippen molar-refractivity contribution in [3.63, 3.8) is 0 Å². The lowest BCUT2D eigenvalue weighted by molar-refractivity contribution is 0.389. The predicted octanol–water partition coefficient (Wildman–Crippen LogP) is 0.833. The largest absolute Gasteiger partial charge is 0.481 e. The van der Waals surface area contributed by atoms with Crippen LogP contribution in [0, 0.1) is 0 Å². The van der Waals surface area contributed by atoms with E-state index in [2.05, 4.69) is 4.98 Å². The molecule has 0 unspecified atom stereocenters. The third-order valence-corrected chi connectivity index (χ3v) is 1.57. The maximum Gasteiger partial charge on any atom is 0.351 e. The molecule has 0 saturated carbocycles. The van der Waals surface area contributed by atoms with E-state index in [0.29, 0.717) is 5.88 Å². The molecule has 1 rings (SSSR count). The first-order valence-corrected chi connectivity index (χ1v) is 3.78. The molecular weight excluding hydrogens is 156 g/mol. The lowest BCUT2D eigenvalue weighted by atomic mass is 10.4. The second-order valence-corrected chi connectivity index (χ2v) is 2.75. The standard InChI is InChI=1S/C8H12N2O2/c1-6(2)10-5-4-7(12-3)9-8(10)11/h4-6H,1-3H3. The highest BCUT2D eigenvalue weighted by molar-refractivity contribution is 5.05. The average Bonchev–Trinajstić information content (AvgIpc) is 2.03. The van der Waals surface area contributed by atoms with E-state index >= 15 is 0 Å². The fourth-order valence-electron chi connectivity index (χ4n) is 0.904. The van der Waals surface area contributed by atoms with Gasteiger partial charge in [0.2, 0.25) is 5.88 Å². The van der Waals surface area contributed by atoms with E-state index in [-0.39, 0.29) is 11.7 Å². The summed E-state index contributed by atoms with van der Waals surface area (Å²) in [5.74, 6) is 0.358. The fraction of sp³-hybridized carbons (Fsp3) is 0.500. The van der Waals surface area contributed by atoms with Gasteiger partial charge in [0.15, 0.2) is 0 Å². The number of hydrogen-bond acceptors (Lipinski definition) is 3. The number of hydrogen-bond donors (Lipinski definition) is 0. The summed E-state index contributed by atoms with van der Waals surface area (Å²) in [6.07, 6.45) is 1.68. The van der Waals surface area contributed by atoms with Crippen LogP contribution in [0.1, 0.15) is 19.9 Å². The Labute approximate surface area is 70.8 Å². The summed E-state index contributed by atoms with van der Waals surface area (Å²) in [5, 5.41) is 0. The van der Waals surface area contributed by atoms with Gasteiger partial charge in [0, 0.05) is 18.3 Å². The zero-order valence-corrected chi connectivity index (χ0v) is 7.44. The Balaban J connectivity index is 3.12. The van der Waals surface area contributed by atoms with E-state index in [9.17, 15) is 4.79 Å². The van der Waals surface area contributed by atoms with Crippen molar-refractivity contribution in [2.45, 2.75) is 19.9 Å². The normalized spacial score (nSPS) is 10.3. The van der Waals surface area contributed by atoms with Crippen LogP contribution in [-0.2, 0) is 0 Å². The van der Waals surface area contributed by atoms with Gasteiger partial charge in [0.1, 0.15) is 0 Å². The zero-order chi connectivity index (χ0) is 9.14. The van der Waals surface area contributed by atoms with Crippen molar-refractivity contribution >= 4 is 0 Å². The topological polar surface area (TPSA) is 44.1 Å². The van der Waals surface area contributed by atoms with E-state index < -0.39 is 0 Å². The molecule has 1 heterocycles. The lowest BCUT2D eigenvalue weighted by Gasteiger charge is -2.08. The Bertz CT molecular complexity index is 317. The Morgan fingerprint density at radius 2 is 2.25 bits per heavy atom. The Kier molecular flexibility index (Phi) is 2.47. The van der Waals surface area contributed by atoms with Gasteiger partial charge >= 0.3 is 5.69 Å². The third-order valence-electron chi connectivity index (χ3n) is 1.57. The highest BCUT2D eigenvalue weighted by atomic mass is 16.5. The molecule has 0 N–H and O–H groups in total. The minimum atomic E-state index is -0.274. The molecule has 0 aliphatic rings. The highest BCUT2D eigenvalue weighted by Gasteiger charge is 2.01. The monoisotopic (exact) mass is 168 g/mol. The first-order chi connectivity index (χ1) is 5.65. The summed E-state index contributed by atoms with van der Waals surface area (Å²) in [5.41, 5.74) is -0.274. The lowest BCUT2D eigenvalue weighted by Crippen LogP contribution is -2.23. The molecule has 66 valence electrons. The quantitative estimate of drug-likeness (QED) is 0.657. The van der Waals surface area contributed by atoms with Crippen LogP contribution >= 0.6 is 0 Å². The predicted molar refractivity (Wildman–Crippen MR) is 45.4 cm³/mol. The number of aromatic nitrogens is 2. The third kappa shape index (κ3) is 1.64. The van der Waals surface area contributed by atoms with E-state index in [1.807, 2.05) is 13.8 Å². The summed E-state index contributed by atoms with van der Waals surface area (Å²) >= 11 is 0. The van der Waals surface area contributed by atoms with Gasteiger partial charge in [-0.1, -0.05) is 0 Å². The molecule has 0 fully saturated rings. The molecule has 0 radical (unpaired) electrons. The molecule has 12 heavy (non-hydrogen) atoms. The van der Waals surface area contributed by atoms with Crippen molar-refractivity contribution in [1.82, 2.24) is 9.55 Å². The molecule has 0 aliphatic carbocycles. The van der Waals surface area contributed by atoms with Crippen LogP contribution in [0.15, 0.2) is 17.1 Å². The first-order valence-electron chi connectivity index (χ1n) is 3.78. The second kappa shape index (κ2) is 3.38. The zero-order valence-electron chi connectivity index (χ0n) is 7.44. The van der Waals surface area contributed by atoms with Crippen LogP contribution in [0.2, 0.25) is 0 Å². The van der Waals surface area contributed by atoms with Gasteiger partial charge < -0.3 is 4.74 Å².